The molecule has 5 heteroatoms. The summed E-state index contributed by atoms with van der Waals surface area (Å²) < 4.78 is 5.77. The van der Waals surface area contributed by atoms with E-state index in [1.165, 1.54) is 10.5 Å². The topological polar surface area (TPSA) is 58.6 Å². The van der Waals surface area contributed by atoms with Crippen LogP contribution in [0.15, 0.2) is 54.2 Å². The van der Waals surface area contributed by atoms with Gasteiger partial charge in [-0.2, -0.15) is 0 Å². The normalized spacial score (nSPS) is 14.3. The number of hydrogen-bond donors (Lipinski definition) is 1. The first kappa shape index (κ1) is 23.6. The van der Waals surface area contributed by atoms with E-state index >= 15 is 0 Å². The van der Waals surface area contributed by atoms with Crippen molar-refractivity contribution in [3.63, 3.8) is 0 Å². The zero-order valence-corrected chi connectivity index (χ0v) is 19.9. The van der Waals surface area contributed by atoms with Gasteiger partial charge >= 0.3 is 0 Å². The highest BCUT2D eigenvalue weighted by Crippen LogP contribution is 2.32. The van der Waals surface area contributed by atoms with Crippen molar-refractivity contribution >= 4 is 23.1 Å². The third-order valence-corrected chi connectivity index (χ3v) is 5.29. The maximum atomic E-state index is 13.3. The quantitative estimate of drug-likeness (QED) is 0.515. The molecule has 2 aromatic rings. The molecule has 0 unspecified atom stereocenters. The molecule has 1 heterocycles. The van der Waals surface area contributed by atoms with E-state index in [1.54, 1.807) is 0 Å². The Morgan fingerprint density at radius 1 is 0.812 bits per heavy atom. The van der Waals surface area contributed by atoms with Crippen LogP contribution in [0.25, 0.3) is 5.57 Å². The summed E-state index contributed by atoms with van der Waals surface area (Å²) in [5.74, 6) is 1.23. The van der Waals surface area contributed by atoms with Crippen LogP contribution < -0.4 is 10.1 Å². The van der Waals surface area contributed by atoms with Crippen LogP contribution >= 0.6 is 0 Å². The molecule has 2 aromatic carbocycles. The predicted molar refractivity (Wildman–Crippen MR) is 129 cm³/mol. The first-order valence-corrected chi connectivity index (χ1v) is 11.4. The van der Waals surface area contributed by atoms with E-state index in [-0.39, 0.29) is 17.7 Å². The molecule has 1 N–H and O–H groups in total. The first-order valence-electron chi connectivity index (χ1n) is 11.4. The minimum absolute atomic E-state index is 0.181. The van der Waals surface area contributed by atoms with E-state index in [1.807, 2.05) is 62.4 Å². The molecule has 170 valence electrons. The highest BCUT2D eigenvalue weighted by molar-refractivity contribution is 6.36. The summed E-state index contributed by atoms with van der Waals surface area (Å²) >= 11 is 0. The number of ether oxygens (including phenoxy) is 1. The highest BCUT2D eigenvalue weighted by atomic mass is 16.5. The maximum Gasteiger partial charge on any atom is 0.278 e. The molecular formula is C27H34N2O3. The molecule has 0 radical (unpaired) electrons. The number of carbonyl (C=O) groups is 2. The van der Waals surface area contributed by atoms with Crippen molar-refractivity contribution in [2.75, 3.05) is 18.5 Å². The molecule has 0 bridgehead atoms. The Bertz CT molecular complexity index is 987. The molecule has 0 atom stereocenters. The molecule has 0 fully saturated rings. The standard InChI is InChI=1S/C27H34N2O3/c1-17(2)15-29-26(30)24(21-9-13-23(14-10-21)32-16-18(3)4)25(27(29)31)28-22-11-7-20(8-12-22)19(5)6/h7-14,17-19,28H,15-16H2,1-6H3. The Labute approximate surface area is 191 Å². The van der Waals surface area contributed by atoms with Gasteiger partial charge in [0.1, 0.15) is 11.4 Å². The van der Waals surface area contributed by atoms with Gasteiger partial charge in [-0.05, 0) is 53.1 Å². The Balaban J connectivity index is 1.95. The lowest BCUT2D eigenvalue weighted by molar-refractivity contribution is -0.137. The van der Waals surface area contributed by atoms with Gasteiger partial charge in [-0.25, -0.2) is 0 Å². The van der Waals surface area contributed by atoms with Crippen LogP contribution in [-0.2, 0) is 9.59 Å². The summed E-state index contributed by atoms with van der Waals surface area (Å²) in [7, 11) is 0. The smallest absolute Gasteiger partial charge is 0.278 e. The summed E-state index contributed by atoms with van der Waals surface area (Å²) in [4.78, 5) is 27.8. The van der Waals surface area contributed by atoms with Gasteiger partial charge in [0.25, 0.3) is 11.8 Å². The largest absolute Gasteiger partial charge is 0.493 e. The summed E-state index contributed by atoms with van der Waals surface area (Å²) in [5, 5.41) is 3.23. The van der Waals surface area contributed by atoms with E-state index in [0.717, 1.165) is 11.4 Å². The molecule has 5 nitrogen and oxygen atoms in total. The van der Waals surface area contributed by atoms with E-state index < -0.39 is 0 Å². The SMILES string of the molecule is CC(C)COc1ccc(C2=C(Nc3ccc(C(C)C)cc3)C(=O)N(CC(C)C)C2=O)cc1. The number of benzene rings is 2. The fourth-order valence-corrected chi connectivity index (χ4v) is 3.57. The van der Waals surface area contributed by atoms with Gasteiger partial charge in [0.2, 0.25) is 0 Å². The number of rotatable bonds is 9. The lowest BCUT2D eigenvalue weighted by atomic mass is 10.0. The van der Waals surface area contributed by atoms with Gasteiger partial charge in [-0.15, -0.1) is 0 Å². The Morgan fingerprint density at radius 3 is 1.97 bits per heavy atom. The Hall–Kier alpha value is -3.08. The molecule has 0 aromatic heterocycles. The number of nitrogens with one attached hydrogen (secondary N) is 1. The average Bonchev–Trinajstić information content (AvgIpc) is 2.97. The van der Waals surface area contributed by atoms with Crippen LogP contribution in [0, 0.1) is 11.8 Å². The maximum absolute atomic E-state index is 13.3. The fraction of sp³-hybridized carbons (Fsp3) is 0.407. The third-order valence-electron chi connectivity index (χ3n) is 5.29. The molecule has 2 amide bonds. The van der Waals surface area contributed by atoms with E-state index in [0.29, 0.717) is 41.8 Å². The molecule has 1 aliphatic rings. The van der Waals surface area contributed by atoms with Crippen LogP contribution in [0.5, 0.6) is 5.75 Å². The van der Waals surface area contributed by atoms with E-state index in [2.05, 4.69) is 33.0 Å². The summed E-state index contributed by atoms with van der Waals surface area (Å²) in [6, 6.07) is 15.4. The van der Waals surface area contributed by atoms with Gasteiger partial charge in [0.15, 0.2) is 0 Å². The number of hydrogen-bond acceptors (Lipinski definition) is 4. The summed E-state index contributed by atoms with van der Waals surface area (Å²) in [6.45, 7) is 13.5. The van der Waals surface area contributed by atoms with Gasteiger partial charge in [0.05, 0.1) is 12.2 Å². The number of carbonyl (C=O) groups excluding carboxylic acids is 2. The zero-order valence-electron chi connectivity index (χ0n) is 19.9. The molecule has 0 aliphatic carbocycles. The zero-order chi connectivity index (χ0) is 23.4. The van der Waals surface area contributed by atoms with Gasteiger partial charge in [-0.3, -0.25) is 14.5 Å². The van der Waals surface area contributed by atoms with Crippen LogP contribution in [0.1, 0.15) is 58.6 Å². The van der Waals surface area contributed by atoms with Crippen LogP contribution in [0.3, 0.4) is 0 Å². The number of amides is 2. The van der Waals surface area contributed by atoms with Gasteiger partial charge in [-0.1, -0.05) is 65.8 Å². The number of nitrogens with zero attached hydrogens (tertiary/aromatic N) is 1. The van der Waals surface area contributed by atoms with Crippen molar-refractivity contribution in [3.05, 3.63) is 65.4 Å². The number of anilines is 1. The van der Waals surface area contributed by atoms with Crippen molar-refractivity contribution in [2.45, 2.75) is 47.5 Å². The predicted octanol–water partition coefficient (Wildman–Crippen LogP) is 5.69. The molecule has 1 aliphatic heterocycles. The minimum Gasteiger partial charge on any atom is -0.493 e. The lowest BCUT2D eigenvalue weighted by Crippen LogP contribution is -2.35. The van der Waals surface area contributed by atoms with Gasteiger partial charge < -0.3 is 10.1 Å². The van der Waals surface area contributed by atoms with Crippen molar-refractivity contribution < 1.29 is 14.3 Å². The minimum atomic E-state index is -0.285. The van der Waals surface area contributed by atoms with Crippen LogP contribution in [0.2, 0.25) is 0 Å². The molecular weight excluding hydrogens is 400 g/mol. The van der Waals surface area contributed by atoms with Crippen molar-refractivity contribution in [1.29, 1.82) is 0 Å². The van der Waals surface area contributed by atoms with Crippen molar-refractivity contribution in [1.82, 2.24) is 4.90 Å². The molecule has 0 spiro atoms. The van der Waals surface area contributed by atoms with Crippen molar-refractivity contribution in [3.8, 4) is 5.75 Å². The average molecular weight is 435 g/mol. The first-order chi connectivity index (χ1) is 15.2. The van der Waals surface area contributed by atoms with E-state index in [9.17, 15) is 9.59 Å². The van der Waals surface area contributed by atoms with Crippen LogP contribution in [0.4, 0.5) is 5.69 Å². The molecule has 32 heavy (non-hydrogen) atoms. The summed E-state index contributed by atoms with van der Waals surface area (Å²) in [5.41, 5.74) is 3.43. The second-order valence-corrected chi connectivity index (χ2v) is 9.50. The summed E-state index contributed by atoms with van der Waals surface area (Å²) in [6.07, 6.45) is 0. The lowest BCUT2D eigenvalue weighted by Gasteiger charge is -2.17. The fourth-order valence-electron chi connectivity index (χ4n) is 3.57. The van der Waals surface area contributed by atoms with E-state index in [4.69, 9.17) is 4.74 Å². The Kier molecular flexibility index (Phi) is 7.39. The van der Waals surface area contributed by atoms with Gasteiger partial charge in [0, 0.05) is 12.2 Å². The molecule has 3 rings (SSSR count). The Morgan fingerprint density at radius 2 is 1.44 bits per heavy atom. The number of imide groups is 1. The third kappa shape index (κ3) is 5.39. The second kappa shape index (κ2) is 10.0. The molecule has 0 saturated carbocycles. The van der Waals surface area contributed by atoms with Crippen LogP contribution in [-0.4, -0.2) is 29.9 Å². The second-order valence-electron chi connectivity index (χ2n) is 9.50. The monoisotopic (exact) mass is 434 g/mol. The van der Waals surface area contributed by atoms with Crippen molar-refractivity contribution in [2.24, 2.45) is 11.8 Å². The highest BCUT2D eigenvalue weighted by Gasteiger charge is 2.39. The molecule has 0 saturated heterocycles.